The molecule has 1 atom stereocenters. The van der Waals surface area contributed by atoms with Gasteiger partial charge < -0.3 is 5.32 Å². The molecule has 0 spiro atoms. The van der Waals surface area contributed by atoms with Crippen molar-refractivity contribution in [2.75, 3.05) is 5.32 Å². The van der Waals surface area contributed by atoms with E-state index in [-0.39, 0.29) is 0 Å². The summed E-state index contributed by atoms with van der Waals surface area (Å²) in [5.74, 6) is 0. The standard InChI is InChI=1S/C13H25N3/c1-4-5-6-7-8-9-12(2)15-13-10-14-16(3)11-13/h10-12,15H,4-9H2,1-3H3. The second-order valence-corrected chi connectivity index (χ2v) is 4.65. The number of aromatic nitrogens is 2. The molecule has 1 aromatic rings. The Kier molecular flexibility index (Phi) is 5.98. The molecule has 92 valence electrons. The summed E-state index contributed by atoms with van der Waals surface area (Å²) in [6.45, 7) is 4.50. The maximum Gasteiger partial charge on any atom is 0.0728 e. The van der Waals surface area contributed by atoms with E-state index in [0.717, 1.165) is 5.69 Å². The van der Waals surface area contributed by atoms with Crippen LogP contribution in [0, 0.1) is 0 Å². The fourth-order valence-electron chi connectivity index (χ4n) is 1.91. The number of rotatable bonds is 8. The smallest absolute Gasteiger partial charge is 0.0728 e. The van der Waals surface area contributed by atoms with E-state index in [2.05, 4.69) is 24.3 Å². The summed E-state index contributed by atoms with van der Waals surface area (Å²) in [5, 5.41) is 7.61. The number of aryl methyl sites for hydroxylation is 1. The maximum absolute atomic E-state index is 4.14. The first-order valence-corrected chi connectivity index (χ1v) is 6.47. The lowest BCUT2D eigenvalue weighted by Gasteiger charge is -2.13. The van der Waals surface area contributed by atoms with Crippen molar-refractivity contribution in [3.05, 3.63) is 12.4 Å². The molecule has 0 aliphatic carbocycles. The Morgan fingerprint density at radius 1 is 1.31 bits per heavy atom. The molecule has 0 radical (unpaired) electrons. The zero-order valence-corrected chi connectivity index (χ0v) is 10.9. The van der Waals surface area contributed by atoms with Gasteiger partial charge in [0.05, 0.1) is 11.9 Å². The van der Waals surface area contributed by atoms with Gasteiger partial charge in [0.15, 0.2) is 0 Å². The molecule has 16 heavy (non-hydrogen) atoms. The summed E-state index contributed by atoms with van der Waals surface area (Å²) in [6.07, 6.45) is 11.9. The lowest BCUT2D eigenvalue weighted by Crippen LogP contribution is -2.14. The van der Waals surface area contributed by atoms with Crippen molar-refractivity contribution >= 4 is 5.69 Å². The predicted molar refractivity (Wildman–Crippen MR) is 69.7 cm³/mol. The van der Waals surface area contributed by atoms with E-state index in [1.54, 1.807) is 0 Å². The van der Waals surface area contributed by atoms with E-state index in [0.29, 0.717) is 6.04 Å². The fourth-order valence-corrected chi connectivity index (χ4v) is 1.91. The van der Waals surface area contributed by atoms with Gasteiger partial charge in [-0.2, -0.15) is 5.10 Å². The molecule has 0 aliphatic rings. The van der Waals surface area contributed by atoms with Gasteiger partial charge in [0.2, 0.25) is 0 Å². The van der Waals surface area contributed by atoms with Crippen molar-refractivity contribution in [2.24, 2.45) is 7.05 Å². The Labute approximate surface area is 99.2 Å². The van der Waals surface area contributed by atoms with Gasteiger partial charge in [-0.1, -0.05) is 39.0 Å². The molecule has 0 saturated heterocycles. The van der Waals surface area contributed by atoms with Gasteiger partial charge in [-0.05, 0) is 13.3 Å². The Balaban J connectivity index is 2.09. The average Bonchev–Trinajstić information content (AvgIpc) is 2.63. The van der Waals surface area contributed by atoms with Crippen LogP contribution in [0.1, 0.15) is 52.4 Å². The number of hydrogen-bond donors (Lipinski definition) is 1. The predicted octanol–water partition coefficient (Wildman–Crippen LogP) is 3.58. The Morgan fingerprint density at radius 2 is 2.06 bits per heavy atom. The zero-order chi connectivity index (χ0) is 11.8. The second kappa shape index (κ2) is 7.31. The van der Waals surface area contributed by atoms with E-state index >= 15 is 0 Å². The SMILES string of the molecule is CCCCCCCC(C)Nc1cnn(C)c1. The highest BCUT2D eigenvalue weighted by atomic mass is 15.3. The van der Waals surface area contributed by atoms with Crippen molar-refractivity contribution < 1.29 is 0 Å². The number of hydrogen-bond acceptors (Lipinski definition) is 2. The van der Waals surface area contributed by atoms with E-state index in [1.807, 2.05) is 24.1 Å². The van der Waals surface area contributed by atoms with Gasteiger partial charge >= 0.3 is 0 Å². The third-order valence-electron chi connectivity index (χ3n) is 2.86. The number of unbranched alkanes of at least 4 members (excludes halogenated alkanes) is 4. The minimum absolute atomic E-state index is 0.547. The highest BCUT2D eigenvalue weighted by molar-refractivity contribution is 5.38. The molecule has 3 nitrogen and oxygen atoms in total. The molecule has 0 aliphatic heterocycles. The fraction of sp³-hybridized carbons (Fsp3) is 0.769. The van der Waals surface area contributed by atoms with Crippen LogP contribution >= 0.6 is 0 Å². The molecular formula is C13H25N3. The molecule has 0 aromatic carbocycles. The number of nitrogens with zero attached hydrogens (tertiary/aromatic N) is 2. The minimum Gasteiger partial charge on any atom is -0.380 e. The molecule has 0 amide bonds. The first-order valence-electron chi connectivity index (χ1n) is 6.47. The van der Waals surface area contributed by atoms with Crippen LogP contribution in [-0.4, -0.2) is 15.8 Å². The molecular weight excluding hydrogens is 198 g/mol. The molecule has 0 fully saturated rings. The van der Waals surface area contributed by atoms with Gasteiger partial charge in [0.25, 0.3) is 0 Å². The Morgan fingerprint density at radius 3 is 2.69 bits per heavy atom. The van der Waals surface area contributed by atoms with Crippen molar-refractivity contribution in [3.8, 4) is 0 Å². The van der Waals surface area contributed by atoms with Crippen molar-refractivity contribution in [3.63, 3.8) is 0 Å². The zero-order valence-electron chi connectivity index (χ0n) is 10.9. The van der Waals surface area contributed by atoms with E-state index in [4.69, 9.17) is 0 Å². The molecule has 1 rings (SSSR count). The summed E-state index contributed by atoms with van der Waals surface area (Å²) >= 11 is 0. The number of anilines is 1. The van der Waals surface area contributed by atoms with Crippen LogP contribution in [-0.2, 0) is 7.05 Å². The van der Waals surface area contributed by atoms with Crippen LogP contribution in [0.25, 0.3) is 0 Å². The maximum atomic E-state index is 4.14. The van der Waals surface area contributed by atoms with Crippen molar-refractivity contribution in [2.45, 2.75) is 58.4 Å². The summed E-state index contributed by atoms with van der Waals surface area (Å²) in [5.41, 5.74) is 1.13. The van der Waals surface area contributed by atoms with Gasteiger partial charge in [-0.3, -0.25) is 4.68 Å². The summed E-state index contributed by atoms with van der Waals surface area (Å²) in [4.78, 5) is 0. The highest BCUT2D eigenvalue weighted by Gasteiger charge is 2.02. The molecule has 1 unspecified atom stereocenters. The summed E-state index contributed by atoms with van der Waals surface area (Å²) in [7, 11) is 1.95. The van der Waals surface area contributed by atoms with E-state index in [9.17, 15) is 0 Å². The van der Waals surface area contributed by atoms with Crippen molar-refractivity contribution in [1.82, 2.24) is 9.78 Å². The Hall–Kier alpha value is -0.990. The van der Waals surface area contributed by atoms with Crippen LogP contribution in [0.4, 0.5) is 5.69 Å². The minimum atomic E-state index is 0.547. The van der Waals surface area contributed by atoms with Crippen LogP contribution in [0.15, 0.2) is 12.4 Å². The van der Waals surface area contributed by atoms with Gasteiger partial charge in [0, 0.05) is 19.3 Å². The first kappa shape index (κ1) is 13.1. The third kappa shape index (κ3) is 5.19. The lowest BCUT2D eigenvalue weighted by atomic mass is 10.1. The molecule has 1 N–H and O–H groups in total. The van der Waals surface area contributed by atoms with Gasteiger partial charge in [-0.25, -0.2) is 0 Å². The van der Waals surface area contributed by atoms with Crippen LogP contribution in [0.3, 0.4) is 0 Å². The van der Waals surface area contributed by atoms with Gasteiger partial charge in [0.1, 0.15) is 0 Å². The summed E-state index contributed by atoms with van der Waals surface area (Å²) < 4.78 is 1.83. The molecule has 0 bridgehead atoms. The quantitative estimate of drug-likeness (QED) is 0.683. The lowest BCUT2D eigenvalue weighted by molar-refractivity contribution is 0.578. The average molecular weight is 223 g/mol. The highest BCUT2D eigenvalue weighted by Crippen LogP contribution is 2.11. The normalized spacial score (nSPS) is 12.7. The monoisotopic (exact) mass is 223 g/mol. The Bertz CT molecular complexity index is 280. The van der Waals surface area contributed by atoms with Crippen LogP contribution in [0.2, 0.25) is 0 Å². The van der Waals surface area contributed by atoms with Crippen LogP contribution in [0.5, 0.6) is 0 Å². The summed E-state index contributed by atoms with van der Waals surface area (Å²) in [6, 6.07) is 0.547. The molecule has 0 saturated carbocycles. The first-order chi connectivity index (χ1) is 7.72. The van der Waals surface area contributed by atoms with Crippen molar-refractivity contribution in [1.29, 1.82) is 0 Å². The number of nitrogens with one attached hydrogen (secondary N) is 1. The van der Waals surface area contributed by atoms with Gasteiger partial charge in [-0.15, -0.1) is 0 Å². The topological polar surface area (TPSA) is 29.9 Å². The molecule has 1 heterocycles. The van der Waals surface area contributed by atoms with Crippen LogP contribution < -0.4 is 5.32 Å². The molecule has 1 aromatic heterocycles. The largest absolute Gasteiger partial charge is 0.380 e. The van der Waals surface area contributed by atoms with E-state index in [1.165, 1.54) is 38.5 Å². The molecule has 3 heteroatoms. The second-order valence-electron chi connectivity index (χ2n) is 4.65. The third-order valence-corrected chi connectivity index (χ3v) is 2.86. The van der Waals surface area contributed by atoms with E-state index < -0.39 is 0 Å².